The van der Waals surface area contributed by atoms with Gasteiger partial charge in [-0.15, -0.1) is 11.8 Å². The second-order valence-electron chi connectivity index (χ2n) is 5.43. The number of nitrogens with one attached hydrogen (secondary N) is 1. The lowest BCUT2D eigenvalue weighted by atomic mass is 10.1. The van der Waals surface area contributed by atoms with Crippen molar-refractivity contribution < 1.29 is 9.53 Å². The molecule has 0 radical (unpaired) electrons. The zero-order valence-corrected chi connectivity index (χ0v) is 14.5. The minimum absolute atomic E-state index is 0.0615. The van der Waals surface area contributed by atoms with E-state index in [-0.39, 0.29) is 5.91 Å². The van der Waals surface area contributed by atoms with Gasteiger partial charge < -0.3 is 10.1 Å². The molecule has 0 aliphatic rings. The van der Waals surface area contributed by atoms with Crippen LogP contribution in [0.5, 0.6) is 5.75 Å². The number of thioether (sulfide) groups is 1. The highest BCUT2D eigenvalue weighted by Crippen LogP contribution is 2.16. The van der Waals surface area contributed by atoms with Gasteiger partial charge in [-0.25, -0.2) is 0 Å². The van der Waals surface area contributed by atoms with Gasteiger partial charge in [0.25, 0.3) is 0 Å². The number of amides is 1. The second kappa shape index (κ2) is 9.26. The Morgan fingerprint density at radius 1 is 1.09 bits per heavy atom. The van der Waals surface area contributed by atoms with Crippen molar-refractivity contribution in [3.05, 3.63) is 65.2 Å². The van der Waals surface area contributed by atoms with Crippen LogP contribution in [0.1, 0.15) is 16.7 Å². The Balaban J connectivity index is 1.58. The number of rotatable bonds is 8. The molecular weight excluding hydrogens is 306 g/mol. The van der Waals surface area contributed by atoms with Crippen molar-refractivity contribution >= 4 is 17.7 Å². The molecule has 4 heteroatoms. The van der Waals surface area contributed by atoms with Gasteiger partial charge in [0.2, 0.25) is 5.91 Å². The molecule has 3 nitrogen and oxygen atoms in total. The molecule has 1 N–H and O–H groups in total. The van der Waals surface area contributed by atoms with Crippen LogP contribution in [0.25, 0.3) is 0 Å². The zero-order valence-electron chi connectivity index (χ0n) is 13.7. The van der Waals surface area contributed by atoms with E-state index >= 15 is 0 Å². The van der Waals surface area contributed by atoms with E-state index in [4.69, 9.17) is 4.74 Å². The molecule has 0 unspecified atom stereocenters. The van der Waals surface area contributed by atoms with Gasteiger partial charge in [0.1, 0.15) is 5.75 Å². The SMILES string of the molecule is Cc1ccc(CNC(=O)CSCCOc2ccccc2C)cc1. The predicted octanol–water partition coefficient (Wildman–Crippen LogP) is 3.73. The maximum absolute atomic E-state index is 11.8. The number of benzene rings is 2. The molecule has 2 aromatic carbocycles. The Bertz CT molecular complexity index is 626. The van der Waals surface area contributed by atoms with E-state index in [9.17, 15) is 4.79 Å². The van der Waals surface area contributed by atoms with Crippen LogP contribution in [-0.2, 0) is 11.3 Å². The van der Waals surface area contributed by atoms with Gasteiger partial charge in [-0.2, -0.15) is 0 Å². The molecule has 0 saturated heterocycles. The van der Waals surface area contributed by atoms with Crippen molar-refractivity contribution in [1.82, 2.24) is 5.32 Å². The number of carbonyl (C=O) groups is 1. The highest BCUT2D eigenvalue weighted by atomic mass is 32.2. The minimum atomic E-state index is 0.0615. The fourth-order valence-electron chi connectivity index (χ4n) is 2.05. The summed E-state index contributed by atoms with van der Waals surface area (Å²) in [6, 6.07) is 16.1. The molecule has 0 spiro atoms. The first-order valence-electron chi connectivity index (χ1n) is 7.73. The average Bonchev–Trinajstić information content (AvgIpc) is 2.55. The Labute approximate surface area is 142 Å². The number of hydrogen-bond acceptors (Lipinski definition) is 3. The Kier molecular flexibility index (Phi) is 7.01. The third-order valence-electron chi connectivity index (χ3n) is 3.42. The van der Waals surface area contributed by atoms with Crippen LogP contribution < -0.4 is 10.1 Å². The minimum Gasteiger partial charge on any atom is -0.492 e. The molecule has 0 aliphatic heterocycles. The van der Waals surface area contributed by atoms with Crippen LogP contribution in [0.3, 0.4) is 0 Å². The lowest BCUT2D eigenvalue weighted by molar-refractivity contribution is -0.118. The number of carbonyl (C=O) groups excluding carboxylic acids is 1. The molecule has 0 atom stereocenters. The first-order chi connectivity index (χ1) is 11.1. The number of para-hydroxylation sites is 1. The molecule has 23 heavy (non-hydrogen) atoms. The average molecular weight is 329 g/mol. The van der Waals surface area contributed by atoms with Crippen LogP contribution in [0, 0.1) is 13.8 Å². The predicted molar refractivity (Wildman–Crippen MR) is 97.0 cm³/mol. The fourth-order valence-corrected chi connectivity index (χ4v) is 2.68. The van der Waals surface area contributed by atoms with E-state index in [0.717, 1.165) is 22.6 Å². The molecule has 122 valence electrons. The normalized spacial score (nSPS) is 10.3. The monoisotopic (exact) mass is 329 g/mol. The van der Waals surface area contributed by atoms with Gasteiger partial charge in [-0.3, -0.25) is 4.79 Å². The summed E-state index contributed by atoms with van der Waals surface area (Å²) in [5, 5.41) is 2.94. The van der Waals surface area contributed by atoms with Crippen molar-refractivity contribution in [2.45, 2.75) is 20.4 Å². The van der Waals surface area contributed by atoms with Crippen LogP contribution in [0.15, 0.2) is 48.5 Å². The summed E-state index contributed by atoms with van der Waals surface area (Å²) < 4.78 is 5.71. The summed E-state index contributed by atoms with van der Waals surface area (Å²) in [5.41, 5.74) is 3.48. The highest BCUT2D eigenvalue weighted by molar-refractivity contribution is 7.99. The van der Waals surface area contributed by atoms with Crippen molar-refractivity contribution in [3.8, 4) is 5.75 Å². The van der Waals surface area contributed by atoms with Crippen LogP contribution in [0.2, 0.25) is 0 Å². The lowest BCUT2D eigenvalue weighted by Crippen LogP contribution is -2.24. The van der Waals surface area contributed by atoms with E-state index in [2.05, 4.69) is 24.4 Å². The summed E-state index contributed by atoms with van der Waals surface area (Å²) in [4.78, 5) is 11.8. The van der Waals surface area contributed by atoms with Gasteiger partial charge in [-0.1, -0.05) is 48.0 Å². The van der Waals surface area contributed by atoms with Gasteiger partial charge >= 0.3 is 0 Å². The van der Waals surface area contributed by atoms with Gasteiger partial charge in [-0.05, 0) is 31.0 Å². The zero-order chi connectivity index (χ0) is 16.5. The number of aryl methyl sites for hydroxylation is 2. The van der Waals surface area contributed by atoms with Crippen molar-refractivity contribution in [1.29, 1.82) is 0 Å². The smallest absolute Gasteiger partial charge is 0.230 e. The standard InChI is InChI=1S/C19H23NO2S/c1-15-7-9-17(10-8-15)13-20-19(21)14-23-12-11-22-18-6-4-3-5-16(18)2/h3-10H,11-14H2,1-2H3,(H,20,21). The van der Waals surface area contributed by atoms with Crippen molar-refractivity contribution in [3.63, 3.8) is 0 Å². The maximum atomic E-state index is 11.8. The van der Waals surface area contributed by atoms with E-state index in [1.165, 1.54) is 5.56 Å². The van der Waals surface area contributed by atoms with Gasteiger partial charge in [0.15, 0.2) is 0 Å². The summed E-state index contributed by atoms with van der Waals surface area (Å²) in [6.45, 7) is 5.28. The van der Waals surface area contributed by atoms with E-state index < -0.39 is 0 Å². The number of hydrogen-bond donors (Lipinski definition) is 1. The molecular formula is C19H23NO2S. The van der Waals surface area contributed by atoms with Gasteiger partial charge in [0, 0.05) is 12.3 Å². The molecule has 1 amide bonds. The fraction of sp³-hybridized carbons (Fsp3) is 0.316. The molecule has 0 bridgehead atoms. The third-order valence-corrected chi connectivity index (χ3v) is 4.34. The summed E-state index contributed by atoms with van der Waals surface area (Å²) >= 11 is 1.59. The van der Waals surface area contributed by atoms with Crippen LogP contribution in [0.4, 0.5) is 0 Å². The molecule has 0 heterocycles. The summed E-state index contributed by atoms with van der Waals surface area (Å²) in [7, 11) is 0. The molecule has 0 fully saturated rings. The maximum Gasteiger partial charge on any atom is 0.230 e. The van der Waals surface area contributed by atoms with Crippen LogP contribution >= 0.6 is 11.8 Å². The quantitative estimate of drug-likeness (QED) is 0.750. The van der Waals surface area contributed by atoms with Crippen molar-refractivity contribution in [2.75, 3.05) is 18.1 Å². The topological polar surface area (TPSA) is 38.3 Å². The Morgan fingerprint density at radius 3 is 2.57 bits per heavy atom. The van der Waals surface area contributed by atoms with E-state index in [0.29, 0.717) is 18.9 Å². The van der Waals surface area contributed by atoms with Gasteiger partial charge in [0.05, 0.1) is 12.4 Å². The van der Waals surface area contributed by atoms with E-state index in [1.807, 2.05) is 43.3 Å². The molecule has 2 aromatic rings. The molecule has 2 rings (SSSR count). The number of ether oxygens (including phenoxy) is 1. The van der Waals surface area contributed by atoms with Crippen molar-refractivity contribution in [2.24, 2.45) is 0 Å². The third kappa shape index (κ3) is 6.37. The first-order valence-corrected chi connectivity index (χ1v) is 8.89. The molecule has 0 aliphatic carbocycles. The van der Waals surface area contributed by atoms with E-state index in [1.54, 1.807) is 11.8 Å². The largest absolute Gasteiger partial charge is 0.492 e. The molecule has 0 aromatic heterocycles. The second-order valence-corrected chi connectivity index (χ2v) is 6.53. The highest BCUT2D eigenvalue weighted by Gasteiger charge is 2.02. The van der Waals surface area contributed by atoms with Crippen LogP contribution in [-0.4, -0.2) is 24.0 Å². The summed E-state index contributed by atoms with van der Waals surface area (Å²) in [6.07, 6.45) is 0. The summed E-state index contributed by atoms with van der Waals surface area (Å²) in [5.74, 6) is 2.23. The first kappa shape index (κ1) is 17.4. The lowest BCUT2D eigenvalue weighted by Gasteiger charge is -2.09. The Hall–Kier alpha value is -1.94. The molecule has 0 saturated carbocycles. The Morgan fingerprint density at radius 2 is 1.83 bits per heavy atom.